The molecule has 6 heteroatoms. The summed E-state index contributed by atoms with van der Waals surface area (Å²) in [4.78, 5) is 20.5. The van der Waals surface area contributed by atoms with Crippen LogP contribution in [0.5, 0.6) is 0 Å². The second kappa shape index (κ2) is 8.94. The molecule has 4 aromatic rings. The molecule has 0 bridgehead atoms. The van der Waals surface area contributed by atoms with Crippen LogP contribution in [0, 0.1) is 19.7 Å². The summed E-state index contributed by atoms with van der Waals surface area (Å²) in [6, 6.07) is 17.3. The van der Waals surface area contributed by atoms with Gasteiger partial charge in [0, 0.05) is 43.5 Å². The summed E-state index contributed by atoms with van der Waals surface area (Å²) in [6.07, 6.45) is 3.43. The number of hydrogen-bond acceptors (Lipinski definition) is 3. The van der Waals surface area contributed by atoms with Crippen molar-refractivity contribution in [2.45, 2.75) is 45.8 Å². The van der Waals surface area contributed by atoms with Crippen LogP contribution in [0.15, 0.2) is 65.7 Å². The molecule has 0 saturated carbocycles. The van der Waals surface area contributed by atoms with E-state index in [1.165, 1.54) is 11.6 Å². The molecule has 2 aromatic heterocycles. The molecule has 5 nitrogen and oxygen atoms in total. The normalized spacial score (nSPS) is 15.4. The molecule has 5 rings (SSSR count). The average Bonchev–Trinajstić information content (AvgIpc) is 3.07. The highest BCUT2D eigenvalue weighted by Gasteiger charge is 2.24. The number of aryl methyl sites for hydroxylation is 1. The van der Waals surface area contributed by atoms with E-state index < -0.39 is 0 Å². The van der Waals surface area contributed by atoms with Crippen molar-refractivity contribution in [3.63, 3.8) is 0 Å². The van der Waals surface area contributed by atoms with Gasteiger partial charge in [-0.15, -0.1) is 0 Å². The molecule has 33 heavy (non-hydrogen) atoms. The maximum absolute atomic E-state index is 14.0. The second-order valence-corrected chi connectivity index (χ2v) is 9.04. The molecule has 0 unspecified atom stereocenters. The predicted molar refractivity (Wildman–Crippen MR) is 129 cm³/mol. The fourth-order valence-corrected chi connectivity index (χ4v) is 4.98. The number of benzene rings is 2. The molecule has 170 valence electrons. The lowest BCUT2D eigenvalue weighted by Gasteiger charge is -2.32. The Morgan fingerprint density at radius 2 is 1.67 bits per heavy atom. The molecule has 1 fully saturated rings. The van der Waals surface area contributed by atoms with Gasteiger partial charge in [-0.3, -0.25) is 14.3 Å². The molecular weight excluding hydrogens is 415 g/mol. The van der Waals surface area contributed by atoms with Gasteiger partial charge in [0.1, 0.15) is 17.8 Å². The first-order chi connectivity index (χ1) is 16.0. The van der Waals surface area contributed by atoms with Gasteiger partial charge in [-0.05, 0) is 43.9 Å². The largest absolute Gasteiger partial charge is 0.325 e. The van der Waals surface area contributed by atoms with Gasteiger partial charge in [0.15, 0.2) is 0 Å². The first-order valence-corrected chi connectivity index (χ1v) is 11.6. The highest BCUT2D eigenvalue weighted by Crippen LogP contribution is 2.26. The first-order valence-electron chi connectivity index (χ1n) is 11.6. The smallest absolute Gasteiger partial charge is 0.263 e. The van der Waals surface area contributed by atoms with Gasteiger partial charge in [0.25, 0.3) is 5.56 Å². The summed E-state index contributed by atoms with van der Waals surface area (Å²) in [7, 11) is 0. The van der Waals surface area contributed by atoms with Gasteiger partial charge in [-0.2, -0.15) is 0 Å². The minimum Gasteiger partial charge on any atom is -0.325 e. The molecule has 3 heterocycles. The molecule has 0 aliphatic carbocycles. The van der Waals surface area contributed by atoms with E-state index in [-0.39, 0.29) is 17.4 Å². The van der Waals surface area contributed by atoms with E-state index in [2.05, 4.69) is 28.5 Å². The van der Waals surface area contributed by atoms with E-state index >= 15 is 0 Å². The van der Waals surface area contributed by atoms with Gasteiger partial charge < -0.3 is 4.57 Å². The van der Waals surface area contributed by atoms with Crippen LogP contribution in [0.25, 0.3) is 11.0 Å². The fraction of sp³-hybridized carbons (Fsp3) is 0.333. The summed E-state index contributed by atoms with van der Waals surface area (Å²) in [5.74, 6) is -0.156. The number of likely N-dealkylation sites (tertiary alicyclic amines) is 1. The summed E-state index contributed by atoms with van der Waals surface area (Å²) in [6.45, 7) is 7.04. The van der Waals surface area contributed by atoms with E-state index in [4.69, 9.17) is 4.98 Å². The van der Waals surface area contributed by atoms with E-state index in [1.54, 1.807) is 12.4 Å². The van der Waals surface area contributed by atoms with Gasteiger partial charge in [-0.25, -0.2) is 9.37 Å². The zero-order chi connectivity index (χ0) is 22.9. The van der Waals surface area contributed by atoms with Crippen LogP contribution in [-0.2, 0) is 13.1 Å². The average molecular weight is 445 g/mol. The van der Waals surface area contributed by atoms with Crippen molar-refractivity contribution in [2.24, 2.45) is 0 Å². The van der Waals surface area contributed by atoms with Crippen LogP contribution in [0.3, 0.4) is 0 Å². The van der Waals surface area contributed by atoms with E-state index in [9.17, 15) is 9.18 Å². The van der Waals surface area contributed by atoms with Crippen LogP contribution in [0.2, 0.25) is 0 Å². The number of fused-ring (bicyclic) bond motifs is 1. The van der Waals surface area contributed by atoms with Crippen molar-refractivity contribution in [3.05, 3.63) is 99.5 Å². The third-order valence-corrected chi connectivity index (χ3v) is 7.04. The Bertz CT molecular complexity index is 1330. The van der Waals surface area contributed by atoms with Crippen molar-refractivity contribution in [1.29, 1.82) is 0 Å². The molecule has 1 saturated heterocycles. The van der Waals surface area contributed by atoms with Crippen LogP contribution < -0.4 is 5.56 Å². The number of piperidine rings is 1. The third kappa shape index (κ3) is 4.11. The Balaban J connectivity index is 1.38. The van der Waals surface area contributed by atoms with E-state index in [0.29, 0.717) is 13.1 Å². The molecular formula is C27H29FN4O. The zero-order valence-electron chi connectivity index (χ0n) is 19.2. The maximum atomic E-state index is 14.0. The lowest BCUT2D eigenvalue weighted by molar-refractivity contribution is 0.176. The Morgan fingerprint density at radius 3 is 2.39 bits per heavy atom. The molecule has 0 radical (unpaired) electrons. The van der Waals surface area contributed by atoms with Crippen LogP contribution in [0.1, 0.15) is 41.3 Å². The van der Waals surface area contributed by atoms with Gasteiger partial charge in [0.05, 0.1) is 5.39 Å². The predicted octanol–water partition coefficient (Wildman–Crippen LogP) is 4.84. The third-order valence-electron chi connectivity index (χ3n) is 7.04. The van der Waals surface area contributed by atoms with Crippen molar-refractivity contribution in [1.82, 2.24) is 19.0 Å². The van der Waals surface area contributed by atoms with Crippen LogP contribution in [-0.4, -0.2) is 32.1 Å². The van der Waals surface area contributed by atoms with Gasteiger partial charge in [-0.1, -0.05) is 48.5 Å². The van der Waals surface area contributed by atoms with Crippen LogP contribution >= 0.6 is 0 Å². The van der Waals surface area contributed by atoms with Crippen molar-refractivity contribution in [2.75, 3.05) is 13.1 Å². The SMILES string of the molecule is Cc1c(C)n(Cc2ccccc2)c2ncn(C3CCN(Cc4ccccc4F)CC3)c(=O)c12. The summed E-state index contributed by atoms with van der Waals surface area (Å²) in [5, 5.41) is 0.722. The molecule has 2 aromatic carbocycles. The lowest BCUT2D eigenvalue weighted by atomic mass is 10.0. The van der Waals surface area contributed by atoms with Crippen LogP contribution in [0.4, 0.5) is 4.39 Å². The zero-order valence-corrected chi connectivity index (χ0v) is 19.2. The second-order valence-electron chi connectivity index (χ2n) is 9.04. The molecule has 1 aliphatic heterocycles. The number of hydrogen-bond donors (Lipinski definition) is 0. The molecule has 0 spiro atoms. The number of halogens is 1. The van der Waals surface area contributed by atoms with Crippen molar-refractivity contribution in [3.8, 4) is 0 Å². The fourth-order valence-electron chi connectivity index (χ4n) is 4.98. The molecule has 0 atom stereocenters. The quantitative estimate of drug-likeness (QED) is 0.442. The van der Waals surface area contributed by atoms with Gasteiger partial charge >= 0.3 is 0 Å². The summed E-state index contributed by atoms with van der Waals surface area (Å²) >= 11 is 0. The minimum atomic E-state index is -0.156. The molecule has 1 aliphatic rings. The Morgan fingerprint density at radius 1 is 0.970 bits per heavy atom. The molecule has 0 amide bonds. The first kappa shape index (κ1) is 21.6. The number of nitrogens with zero attached hydrogens (tertiary/aromatic N) is 4. The topological polar surface area (TPSA) is 43.1 Å². The van der Waals surface area contributed by atoms with Crippen molar-refractivity contribution >= 4 is 11.0 Å². The number of rotatable bonds is 5. The summed E-state index contributed by atoms with van der Waals surface area (Å²) < 4.78 is 18.0. The maximum Gasteiger partial charge on any atom is 0.263 e. The van der Waals surface area contributed by atoms with E-state index in [0.717, 1.165) is 53.8 Å². The highest BCUT2D eigenvalue weighted by atomic mass is 19.1. The summed E-state index contributed by atoms with van der Waals surface area (Å²) in [5.41, 5.74) is 4.79. The Labute approximate surface area is 193 Å². The monoisotopic (exact) mass is 444 g/mol. The Hall–Kier alpha value is -3.25. The highest BCUT2D eigenvalue weighted by molar-refractivity contribution is 5.81. The minimum absolute atomic E-state index is 0.0416. The molecule has 0 N–H and O–H groups in total. The van der Waals surface area contributed by atoms with Crippen molar-refractivity contribution < 1.29 is 4.39 Å². The standard InChI is InChI=1S/C27H29FN4O/c1-19-20(2)31(16-21-8-4-3-5-9-21)26-25(19)27(33)32(18-29-26)23-12-14-30(15-13-23)17-22-10-6-7-11-24(22)28/h3-11,18,23H,12-17H2,1-2H3. The van der Waals surface area contributed by atoms with E-state index in [1.807, 2.05) is 41.8 Å². The lowest BCUT2D eigenvalue weighted by Crippen LogP contribution is -2.37. The number of aromatic nitrogens is 3. The van der Waals surface area contributed by atoms with Gasteiger partial charge in [0.2, 0.25) is 0 Å². The Kier molecular flexibility index (Phi) is 5.85.